The zero-order valence-corrected chi connectivity index (χ0v) is 11.4. The lowest BCUT2D eigenvalue weighted by atomic mass is 10.2. The maximum atomic E-state index is 12.1. The molecule has 3 rings (SSSR count). The number of pyridine rings is 1. The molecule has 2 heterocycles. The summed E-state index contributed by atoms with van der Waals surface area (Å²) < 4.78 is 0. The third-order valence-electron chi connectivity index (χ3n) is 2.99. The van der Waals surface area contributed by atoms with E-state index in [1.54, 1.807) is 6.20 Å². The molecule has 0 aliphatic carbocycles. The molecule has 0 saturated carbocycles. The Morgan fingerprint density at radius 1 is 1.25 bits per heavy atom. The van der Waals surface area contributed by atoms with Crippen LogP contribution in [0.5, 0.6) is 0 Å². The fourth-order valence-corrected chi connectivity index (χ4v) is 2.68. The van der Waals surface area contributed by atoms with Crippen LogP contribution in [0, 0.1) is 0 Å². The summed E-state index contributed by atoms with van der Waals surface area (Å²) in [5.74, 6) is -0.232. The fourth-order valence-electron chi connectivity index (χ4n) is 1.96. The van der Waals surface area contributed by atoms with Crippen LogP contribution in [0.25, 0.3) is 10.9 Å². The molecule has 1 aromatic carbocycles. The SMILES string of the molecule is NC(C(=O)Nc1cnc2ccccc2c1)c1cccs1. The van der Waals surface area contributed by atoms with Gasteiger partial charge in [-0.2, -0.15) is 0 Å². The molecule has 2 aromatic heterocycles. The number of rotatable bonds is 3. The van der Waals surface area contributed by atoms with Gasteiger partial charge < -0.3 is 11.1 Å². The summed E-state index contributed by atoms with van der Waals surface area (Å²) in [7, 11) is 0. The molecule has 0 radical (unpaired) electrons. The molecule has 1 unspecified atom stereocenters. The van der Waals surface area contributed by atoms with Crippen LogP contribution >= 0.6 is 11.3 Å². The second kappa shape index (κ2) is 5.40. The van der Waals surface area contributed by atoms with Gasteiger partial charge >= 0.3 is 0 Å². The molecule has 0 spiro atoms. The monoisotopic (exact) mass is 283 g/mol. The molecular weight excluding hydrogens is 270 g/mol. The number of carbonyl (C=O) groups is 1. The Morgan fingerprint density at radius 2 is 2.10 bits per heavy atom. The van der Waals surface area contributed by atoms with E-state index < -0.39 is 6.04 Å². The van der Waals surface area contributed by atoms with Crippen molar-refractivity contribution in [1.82, 2.24) is 4.98 Å². The van der Waals surface area contributed by atoms with Crippen molar-refractivity contribution in [3.8, 4) is 0 Å². The third kappa shape index (κ3) is 2.54. The van der Waals surface area contributed by atoms with Gasteiger partial charge in [-0.15, -0.1) is 11.3 Å². The van der Waals surface area contributed by atoms with Crippen molar-refractivity contribution in [2.24, 2.45) is 5.73 Å². The largest absolute Gasteiger partial charge is 0.323 e. The summed E-state index contributed by atoms with van der Waals surface area (Å²) in [5, 5.41) is 5.69. The molecule has 1 amide bonds. The van der Waals surface area contributed by atoms with Gasteiger partial charge in [0.25, 0.3) is 0 Å². The van der Waals surface area contributed by atoms with Crippen molar-refractivity contribution in [2.45, 2.75) is 6.04 Å². The van der Waals surface area contributed by atoms with Gasteiger partial charge in [-0.05, 0) is 23.6 Å². The van der Waals surface area contributed by atoms with Gasteiger partial charge in [-0.3, -0.25) is 9.78 Å². The number of nitrogens with two attached hydrogens (primary N) is 1. The summed E-state index contributed by atoms with van der Waals surface area (Å²) in [5.41, 5.74) is 7.47. The molecule has 3 N–H and O–H groups in total. The van der Waals surface area contributed by atoms with Crippen LogP contribution < -0.4 is 11.1 Å². The first-order valence-corrected chi connectivity index (χ1v) is 7.06. The third-order valence-corrected chi connectivity index (χ3v) is 3.95. The number of aromatic nitrogens is 1. The molecule has 3 aromatic rings. The minimum absolute atomic E-state index is 0.232. The molecule has 100 valence electrons. The van der Waals surface area contributed by atoms with Gasteiger partial charge in [0.15, 0.2) is 0 Å². The maximum Gasteiger partial charge on any atom is 0.246 e. The summed E-state index contributed by atoms with van der Waals surface area (Å²) in [4.78, 5) is 17.2. The van der Waals surface area contributed by atoms with E-state index in [0.29, 0.717) is 5.69 Å². The van der Waals surface area contributed by atoms with Gasteiger partial charge in [-0.25, -0.2) is 0 Å². The fraction of sp³-hybridized carbons (Fsp3) is 0.0667. The van der Waals surface area contributed by atoms with Gasteiger partial charge in [0, 0.05) is 10.3 Å². The molecule has 20 heavy (non-hydrogen) atoms. The highest BCUT2D eigenvalue weighted by Crippen LogP contribution is 2.20. The number of para-hydroxylation sites is 1. The molecule has 0 aliphatic rings. The van der Waals surface area contributed by atoms with E-state index in [4.69, 9.17) is 5.73 Å². The highest BCUT2D eigenvalue weighted by atomic mass is 32.1. The number of fused-ring (bicyclic) bond motifs is 1. The van der Waals surface area contributed by atoms with Crippen molar-refractivity contribution in [3.05, 3.63) is 58.9 Å². The van der Waals surface area contributed by atoms with Gasteiger partial charge in [-0.1, -0.05) is 24.3 Å². The number of nitrogens with one attached hydrogen (secondary N) is 1. The number of anilines is 1. The van der Waals surface area contributed by atoms with Crippen molar-refractivity contribution in [2.75, 3.05) is 5.32 Å². The quantitative estimate of drug-likeness (QED) is 0.776. The number of hydrogen-bond acceptors (Lipinski definition) is 4. The lowest BCUT2D eigenvalue weighted by Crippen LogP contribution is -2.27. The Hall–Kier alpha value is -2.24. The minimum Gasteiger partial charge on any atom is -0.323 e. The minimum atomic E-state index is -0.651. The molecule has 1 atom stereocenters. The van der Waals surface area contributed by atoms with E-state index in [1.165, 1.54) is 11.3 Å². The van der Waals surface area contributed by atoms with Crippen LogP contribution in [-0.2, 0) is 4.79 Å². The zero-order valence-electron chi connectivity index (χ0n) is 10.6. The number of amides is 1. The second-order valence-electron chi connectivity index (χ2n) is 4.40. The number of thiophene rings is 1. The summed E-state index contributed by atoms with van der Waals surface area (Å²) in [6.45, 7) is 0. The zero-order chi connectivity index (χ0) is 13.9. The number of carbonyl (C=O) groups excluding carboxylic acids is 1. The normalized spacial score (nSPS) is 12.2. The molecular formula is C15H13N3OS. The van der Waals surface area contributed by atoms with Crippen molar-refractivity contribution in [3.63, 3.8) is 0 Å². The molecule has 4 nitrogen and oxygen atoms in total. The van der Waals surface area contributed by atoms with Crippen LogP contribution in [-0.4, -0.2) is 10.9 Å². The van der Waals surface area contributed by atoms with Crippen molar-refractivity contribution < 1.29 is 4.79 Å². The van der Waals surface area contributed by atoms with Crippen LogP contribution in [0.3, 0.4) is 0 Å². The standard InChI is InChI=1S/C15H13N3OS/c16-14(13-6-3-7-20-13)15(19)18-11-8-10-4-1-2-5-12(10)17-9-11/h1-9,14H,16H2,(H,18,19). The van der Waals surface area contributed by atoms with E-state index in [1.807, 2.05) is 47.8 Å². The average molecular weight is 283 g/mol. The number of benzene rings is 1. The Kier molecular flexibility index (Phi) is 3.45. The molecule has 0 saturated heterocycles. The first-order valence-electron chi connectivity index (χ1n) is 6.19. The van der Waals surface area contributed by atoms with E-state index in [-0.39, 0.29) is 5.91 Å². The highest BCUT2D eigenvalue weighted by Gasteiger charge is 2.16. The summed E-state index contributed by atoms with van der Waals surface area (Å²) in [6, 6.07) is 12.7. The van der Waals surface area contributed by atoms with Crippen LogP contribution in [0.2, 0.25) is 0 Å². The second-order valence-corrected chi connectivity index (χ2v) is 5.38. The summed E-state index contributed by atoms with van der Waals surface area (Å²) in [6.07, 6.45) is 1.64. The lowest BCUT2D eigenvalue weighted by molar-refractivity contribution is -0.117. The van der Waals surface area contributed by atoms with Gasteiger partial charge in [0.2, 0.25) is 5.91 Å². The Balaban J connectivity index is 1.80. The maximum absolute atomic E-state index is 12.1. The van der Waals surface area contributed by atoms with E-state index in [0.717, 1.165) is 15.8 Å². The van der Waals surface area contributed by atoms with Crippen molar-refractivity contribution >= 4 is 33.8 Å². The van der Waals surface area contributed by atoms with Crippen molar-refractivity contribution in [1.29, 1.82) is 0 Å². The number of hydrogen-bond donors (Lipinski definition) is 2. The lowest BCUT2D eigenvalue weighted by Gasteiger charge is -2.10. The molecule has 0 fully saturated rings. The van der Waals surface area contributed by atoms with Gasteiger partial charge in [0.05, 0.1) is 17.4 Å². The Bertz CT molecular complexity index is 740. The summed E-state index contributed by atoms with van der Waals surface area (Å²) >= 11 is 1.47. The average Bonchev–Trinajstić information content (AvgIpc) is 3.00. The smallest absolute Gasteiger partial charge is 0.246 e. The van der Waals surface area contributed by atoms with Gasteiger partial charge in [0.1, 0.15) is 6.04 Å². The molecule has 5 heteroatoms. The number of nitrogens with zero attached hydrogens (tertiary/aromatic N) is 1. The van der Waals surface area contributed by atoms with Crippen LogP contribution in [0.1, 0.15) is 10.9 Å². The first-order chi connectivity index (χ1) is 9.74. The topological polar surface area (TPSA) is 68.0 Å². The highest BCUT2D eigenvalue weighted by molar-refractivity contribution is 7.10. The Morgan fingerprint density at radius 3 is 2.90 bits per heavy atom. The van der Waals surface area contributed by atoms with E-state index >= 15 is 0 Å². The Labute approximate surface area is 120 Å². The van der Waals surface area contributed by atoms with Crippen LogP contribution in [0.15, 0.2) is 54.0 Å². The first kappa shape index (κ1) is 12.8. The van der Waals surface area contributed by atoms with Crippen LogP contribution in [0.4, 0.5) is 5.69 Å². The van der Waals surface area contributed by atoms with E-state index in [9.17, 15) is 4.79 Å². The molecule has 0 bridgehead atoms. The predicted octanol–water partition coefficient (Wildman–Crippen LogP) is 2.93. The molecule has 0 aliphatic heterocycles. The predicted molar refractivity (Wildman–Crippen MR) is 81.6 cm³/mol. The van der Waals surface area contributed by atoms with E-state index in [2.05, 4.69) is 10.3 Å².